The van der Waals surface area contributed by atoms with E-state index in [1.54, 1.807) is 26.2 Å². The molecule has 0 aliphatic heterocycles. The molecule has 0 spiro atoms. The van der Waals surface area contributed by atoms with E-state index in [0.29, 0.717) is 12.1 Å². The molecule has 0 radical (unpaired) electrons. The van der Waals surface area contributed by atoms with Crippen molar-refractivity contribution in [1.82, 2.24) is 19.8 Å². The van der Waals surface area contributed by atoms with Crippen LogP contribution >= 0.6 is 11.3 Å². The van der Waals surface area contributed by atoms with E-state index in [0.717, 1.165) is 16.3 Å². The van der Waals surface area contributed by atoms with Gasteiger partial charge in [-0.15, -0.1) is 11.3 Å². The van der Waals surface area contributed by atoms with Gasteiger partial charge >= 0.3 is 0 Å². The second kappa shape index (κ2) is 6.80. The lowest BCUT2D eigenvalue weighted by Gasteiger charge is -2.04. The zero-order valence-electron chi connectivity index (χ0n) is 13.2. The zero-order valence-corrected chi connectivity index (χ0v) is 14.8. The van der Waals surface area contributed by atoms with Gasteiger partial charge in [0.1, 0.15) is 15.6 Å². The zero-order chi connectivity index (χ0) is 17.2. The summed E-state index contributed by atoms with van der Waals surface area (Å²) < 4.78 is 32.1. The summed E-state index contributed by atoms with van der Waals surface area (Å²) in [7, 11) is -3.63. The molecule has 0 unspecified atom stereocenters. The molecule has 0 aliphatic carbocycles. The number of pyridine rings is 1. The fourth-order valence-electron chi connectivity index (χ4n) is 2.29. The molecular formula is C15H16N4O3S2. The number of nitrogens with zero attached hydrogens (tertiary/aromatic N) is 3. The quantitative estimate of drug-likeness (QED) is 0.721. The normalized spacial score (nSPS) is 11.8. The second-order valence-electron chi connectivity index (χ2n) is 5.18. The van der Waals surface area contributed by atoms with E-state index < -0.39 is 10.0 Å². The van der Waals surface area contributed by atoms with Crippen molar-refractivity contribution < 1.29 is 12.9 Å². The molecule has 3 aromatic rings. The molecule has 3 aromatic heterocycles. The lowest BCUT2D eigenvalue weighted by molar-refractivity contribution is 0.390. The molecular weight excluding hydrogens is 348 g/mol. The van der Waals surface area contributed by atoms with E-state index in [1.165, 1.54) is 11.3 Å². The van der Waals surface area contributed by atoms with E-state index in [1.807, 2.05) is 17.5 Å². The minimum absolute atomic E-state index is 0.109. The monoisotopic (exact) mass is 364 g/mol. The maximum absolute atomic E-state index is 12.3. The van der Waals surface area contributed by atoms with Crippen molar-refractivity contribution in [2.24, 2.45) is 0 Å². The summed E-state index contributed by atoms with van der Waals surface area (Å²) in [5.41, 5.74) is 2.19. The first-order chi connectivity index (χ1) is 11.5. The first kappa shape index (κ1) is 16.7. The standard InChI is InChI=1S/C15H16N4O3S2/c1-10-14(11(2)22-19-10)24(20,21)17-8-5-13-9-23-15(18-13)12-3-6-16-7-4-12/h3-4,6-7,9,17H,5,8H2,1-2H3. The Morgan fingerprint density at radius 1 is 1.25 bits per heavy atom. The smallest absolute Gasteiger partial charge is 0.245 e. The van der Waals surface area contributed by atoms with Crippen molar-refractivity contribution in [3.05, 3.63) is 47.1 Å². The highest BCUT2D eigenvalue weighted by Crippen LogP contribution is 2.23. The topological polar surface area (TPSA) is 98.0 Å². The Hall–Kier alpha value is -2.10. The van der Waals surface area contributed by atoms with Crippen LogP contribution in [0.25, 0.3) is 10.6 Å². The summed E-state index contributed by atoms with van der Waals surface area (Å²) in [6, 6.07) is 3.78. The number of thiazole rings is 1. The maximum Gasteiger partial charge on any atom is 0.245 e. The van der Waals surface area contributed by atoms with Crippen molar-refractivity contribution in [3.63, 3.8) is 0 Å². The third-order valence-electron chi connectivity index (χ3n) is 3.39. The van der Waals surface area contributed by atoms with E-state index in [9.17, 15) is 8.42 Å². The molecule has 0 fully saturated rings. The van der Waals surface area contributed by atoms with Crippen molar-refractivity contribution >= 4 is 21.4 Å². The van der Waals surface area contributed by atoms with Crippen LogP contribution < -0.4 is 4.72 Å². The number of aromatic nitrogens is 3. The van der Waals surface area contributed by atoms with Gasteiger partial charge < -0.3 is 4.52 Å². The fourth-order valence-corrected chi connectivity index (χ4v) is 4.51. The Labute approximate surface area is 143 Å². The van der Waals surface area contributed by atoms with Gasteiger partial charge in [0.05, 0.1) is 5.69 Å². The van der Waals surface area contributed by atoms with Crippen molar-refractivity contribution in [1.29, 1.82) is 0 Å². The molecule has 3 rings (SSSR count). The highest BCUT2D eigenvalue weighted by molar-refractivity contribution is 7.89. The minimum Gasteiger partial charge on any atom is -0.360 e. The molecule has 0 amide bonds. The van der Waals surface area contributed by atoms with Gasteiger partial charge in [-0.3, -0.25) is 4.98 Å². The summed E-state index contributed by atoms with van der Waals surface area (Å²) in [4.78, 5) is 8.61. The average molecular weight is 364 g/mol. The predicted molar refractivity (Wildman–Crippen MR) is 90.2 cm³/mol. The van der Waals surface area contributed by atoms with Gasteiger partial charge in [-0.1, -0.05) is 5.16 Å². The van der Waals surface area contributed by atoms with Crippen LogP contribution in [0.5, 0.6) is 0 Å². The lowest BCUT2D eigenvalue weighted by Crippen LogP contribution is -2.26. The Morgan fingerprint density at radius 2 is 2.00 bits per heavy atom. The van der Waals surface area contributed by atoms with Crippen LogP contribution in [-0.2, 0) is 16.4 Å². The van der Waals surface area contributed by atoms with E-state index >= 15 is 0 Å². The number of hydrogen-bond donors (Lipinski definition) is 1. The predicted octanol–water partition coefficient (Wildman–Crippen LogP) is 2.33. The molecule has 126 valence electrons. The highest BCUT2D eigenvalue weighted by atomic mass is 32.2. The number of sulfonamides is 1. The molecule has 0 aromatic carbocycles. The van der Waals surface area contributed by atoms with Crippen LogP contribution in [0.15, 0.2) is 39.3 Å². The fraction of sp³-hybridized carbons (Fsp3) is 0.267. The van der Waals surface area contributed by atoms with Gasteiger partial charge in [-0.05, 0) is 26.0 Å². The van der Waals surface area contributed by atoms with E-state index in [4.69, 9.17) is 4.52 Å². The van der Waals surface area contributed by atoms with Crippen LogP contribution in [-0.4, -0.2) is 30.1 Å². The first-order valence-corrected chi connectivity index (χ1v) is 9.61. The van der Waals surface area contributed by atoms with Gasteiger partial charge in [-0.2, -0.15) is 0 Å². The molecule has 3 heterocycles. The molecule has 9 heteroatoms. The number of hydrogen-bond acceptors (Lipinski definition) is 7. The maximum atomic E-state index is 12.3. The number of aryl methyl sites for hydroxylation is 2. The van der Waals surface area contributed by atoms with Crippen LogP contribution in [0.2, 0.25) is 0 Å². The van der Waals surface area contributed by atoms with Gasteiger partial charge in [0.25, 0.3) is 0 Å². The SMILES string of the molecule is Cc1noc(C)c1S(=O)(=O)NCCc1csc(-c2ccncc2)n1. The number of nitrogens with one attached hydrogen (secondary N) is 1. The largest absolute Gasteiger partial charge is 0.360 e. The molecule has 0 saturated heterocycles. The van der Waals surface area contributed by atoms with Gasteiger partial charge in [-0.25, -0.2) is 18.1 Å². The molecule has 0 bridgehead atoms. The average Bonchev–Trinajstić information content (AvgIpc) is 3.15. The summed E-state index contributed by atoms with van der Waals surface area (Å²) in [6.45, 7) is 3.44. The number of rotatable bonds is 6. The minimum atomic E-state index is -3.63. The van der Waals surface area contributed by atoms with Crippen LogP contribution in [0.4, 0.5) is 0 Å². The Kier molecular flexibility index (Phi) is 4.74. The van der Waals surface area contributed by atoms with E-state index in [2.05, 4.69) is 19.8 Å². The summed E-state index contributed by atoms with van der Waals surface area (Å²) in [5.74, 6) is 0.286. The highest BCUT2D eigenvalue weighted by Gasteiger charge is 2.23. The van der Waals surface area contributed by atoms with Crippen LogP contribution in [0.1, 0.15) is 17.1 Å². The molecule has 24 heavy (non-hydrogen) atoms. The van der Waals surface area contributed by atoms with Gasteiger partial charge in [0, 0.05) is 36.3 Å². The van der Waals surface area contributed by atoms with E-state index in [-0.39, 0.29) is 17.2 Å². The summed E-state index contributed by atoms with van der Waals surface area (Å²) >= 11 is 1.52. The Bertz CT molecular complexity index is 913. The van der Waals surface area contributed by atoms with Gasteiger partial charge in [0.15, 0.2) is 5.76 Å². The summed E-state index contributed by atoms with van der Waals surface area (Å²) in [6.07, 6.45) is 3.94. The van der Waals surface area contributed by atoms with Crippen LogP contribution in [0.3, 0.4) is 0 Å². The molecule has 0 aliphatic rings. The van der Waals surface area contributed by atoms with Crippen molar-refractivity contribution in [2.75, 3.05) is 6.54 Å². The van der Waals surface area contributed by atoms with Crippen molar-refractivity contribution in [3.8, 4) is 10.6 Å². The third-order valence-corrected chi connectivity index (χ3v) is 6.03. The molecule has 0 atom stereocenters. The molecule has 1 N–H and O–H groups in total. The van der Waals surface area contributed by atoms with Crippen molar-refractivity contribution in [2.45, 2.75) is 25.2 Å². The van der Waals surface area contributed by atoms with Gasteiger partial charge in [0.2, 0.25) is 10.0 Å². The van der Waals surface area contributed by atoms with Crippen LogP contribution in [0, 0.1) is 13.8 Å². The first-order valence-electron chi connectivity index (χ1n) is 7.25. The molecule has 7 nitrogen and oxygen atoms in total. The lowest BCUT2D eigenvalue weighted by atomic mass is 10.3. The third kappa shape index (κ3) is 3.53. The Morgan fingerprint density at radius 3 is 2.67 bits per heavy atom. The second-order valence-corrected chi connectivity index (χ2v) is 7.74. The molecule has 0 saturated carbocycles. The summed E-state index contributed by atoms with van der Waals surface area (Å²) in [5, 5.41) is 6.50. The Balaban J connectivity index is 1.64.